The zero-order valence-electron chi connectivity index (χ0n) is 37.6. The van der Waals surface area contributed by atoms with Gasteiger partial charge in [0, 0.05) is 55.6 Å². The van der Waals surface area contributed by atoms with E-state index in [0.717, 1.165) is 49.6 Å². The van der Waals surface area contributed by atoms with E-state index in [1.165, 1.54) is 22.9 Å². The maximum Gasteiger partial charge on any atom is 0.336 e. The van der Waals surface area contributed by atoms with E-state index in [-0.39, 0.29) is 54.6 Å². The van der Waals surface area contributed by atoms with Gasteiger partial charge >= 0.3 is 5.97 Å². The Labute approximate surface area is 384 Å². The number of phenols is 1. The van der Waals surface area contributed by atoms with Crippen LogP contribution in [0.25, 0.3) is 6.08 Å². The molecule has 3 fully saturated rings. The van der Waals surface area contributed by atoms with Crippen molar-refractivity contribution in [1.82, 2.24) is 35.7 Å². The number of carboxylic acid groups (broad SMARTS) is 1. The molecule has 0 unspecified atom stereocenters. The lowest BCUT2D eigenvalue weighted by molar-refractivity contribution is -0.226. The number of aliphatic hydroxyl groups is 3. The highest BCUT2D eigenvalue weighted by atomic mass is 32.2. The van der Waals surface area contributed by atoms with Crippen molar-refractivity contribution in [2.45, 2.75) is 146 Å². The van der Waals surface area contributed by atoms with Crippen LogP contribution in [-0.4, -0.2) is 128 Å². The highest BCUT2D eigenvalue weighted by Gasteiger charge is 2.54. The molecule has 2 saturated carbocycles. The number of aliphatic carboxylic acids is 1. The number of hydrogen-bond donors (Lipinski definition) is 9. The molecule has 360 valence electrons. The molecule has 0 bridgehead atoms. The Hall–Kier alpha value is -5.25. The van der Waals surface area contributed by atoms with Gasteiger partial charge in [0.1, 0.15) is 24.5 Å². The van der Waals surface area contributed by atoms with E-state index >= 15 is 0 Å². The molecule has 20 heteroatoms. The number of aryl methyl sites for hydroxylation is 2. The second kappa shape index (κ2) is 22.0. The van der Waals surface area contributed by atoms with Gasteiger partial charge in [0.15, 0.2) is 5.60 Å². The molecule has 2 aliphatic carbocycles. The number of aromatic nitrogens is 3. The van der Waals surface area contributed by atoms with Crippen molar-refractivity contribution in [3.8, 4) is 5.75 Å². The topological polar surface area (TPSA) is 292 Å². The molecule has 8 atom stereocenters. The van der Waals surface area contributed by atoms with E-state index in [1.807, 2.05) is 6.07 Å². The molecule has 9 N–H and O–H groups in total. The summed E-state index contributed by atoms with van der Waals surface area (Å²) >= 11 is 0. The van der Waals surface area contributed by atoms with Gasteiger partial charge in [0.2, 0.25) is 21.8 Å². The summed E-state index contributed by atoms with van der Waals surface area (Å²) in [6, 6.07) is 8.34. The monoisotopic (exact) mass is 937 g/mol. The third kappa shape index (κ3) is 13.2. The molecule has 2 heterocycles. The van der Waals surface area contributed by atoms with Gasteiger partial charge in [-0.05, 0) is 86.4 Å². The van der Waals surface area contributed by atoms with Crippen LogP contribution < -0.4 is 20.7 Å². The minimum Gasteiger partial charge on any atom is -0.507 e. The predicted octanol–water partition coefficient (Wildman–Crippen LogP) is 2.09. The SMILES string of the molecule is Cc1cc(C(=O)NC[C@@H](O)[C@@H](O)[C@@H]2O[C@@](C/C=C/c3cccc(CNC(=O)[C@@H]4CCC[C@H](NS(C)(=O)=O)C4)c3)(C(=O)O)C[C@H](O)[C@H]2NC(=O)Cn2cc(C3CCCCC3)nn2)cc(C)c1O. The van der Waals surface area contributed by atoms with Crippen LogP contribution in [0.1, 0.15) is 115 Å². The number of nitrogens with one attached hydrogen (secondary N) is 4. The number of carboxylic acids is 1. The molecular weight excluding hydrogens is 875 g/mol. The Bertz CT molecular complexity index is 2330. The number of carbonyl (C=O) groups excluding carboxylic acids is 3. The standard InChI is InChI=1S/C46H63N7O12S/c1-27-18-33(19-28(2)40(27)57)44(60)48-24-37(55)41(58)42-39(49-38(56)26-53-25-35(50-52-53)31-13-5-4-6-14-31)36(54)22-46(65-42,45(61)62)17-9-12-29-10-7-11-30(20-29)23-47-43(59)32-15-8-16-34(21-32)51-66(3,63)64/h7,9-12,18-20,25,31-32,34,36-37,39,41-42,51,54-55,57-58H,4-6,8,13-17,21-24,26H2,1-3H3,(H,47,59)(H,48,60)(H,49,56)(H,61,62)/b12-9+/t32-,34+,36+,37-,39-,41-,42-,46-/m1/s1. The molecule has 6 rings (SSSR count). The van der Waals surface area contributed by atoms with Crippen LogP contribution in [0, 0.1) is 19.8 Å². The number of nitrogens with zero attached hydrogens (tertiary/aromatic N) is 3. The van der Waals surface area contributed by atoms with E-state index in [2.05, 4.69) is 31.0 Å². The number of amides is 3. The van der Waals surface area contributed by atoms with E-state index < -0.39 is 76.8 Å². The third-order valence-corrected chi connectivity index (χ3v) is 13.6. The van der Waals surface area contributed by atoms with Crippen LogP contribution in [0.5, 0.6) is 5.75 Å². The fourth-order valence-corrected chi connectivity index (χ4v) is 10.1. The predicted molar refractivity (Wildman–Crippen MR) is 241 cm³/mol. The summed E-state index contributed by atoms with van der Waals surface area (Å²) in [7, 11) is -3.40. The quantitative estimate of drug-likeness (QED) is 0.0883. The van der Waals surface area contributed by atoms with Gasteiger partial charge in [-0.3, -0.25) is 14.4 Å². The molecule has 1 saturated heterocycles. The van der Waals surface area contributed by atoms with Gasteiger partial charge in [-0.1, -0.05) is 61.2 Å². The van der Waals surface area contributed by atoms with Crippen LogP contribution in [-0.2, 0) is 42.2 Å². The van der Waals surface area contributed by atoms with Crippen molar-refractivity contribution in [2.24, 2.45) is 5.92 Å². The van der Waals surface area contributed by atoms with Crippen molar-refractivity contribution in [2.75, 3.05) is 12.8 Å². The molecule has 0 radical (unpaired) electrons. The Morgan fingerprint density at radius 3 is 2.42 bits per heavy atom. The molecule has 19 nitrogen and oxygen atoms in total. The zero-order valence-corrected chi connectivity index (χ0v) is 38.4. The summed E-state index contributed by atoms with van der Waals surface area (Å²) in [4.78, 5) is 52.8. The van der Waals surface area contributed by atoms with E-state index in [9.17, 15) is 53.1 Å². The number of benzene rings is 2. The number of aliphatic hydroxyl groups excluding tert-OH is 3. The highest BCUT2D eigenvalue weighted by molar-refractivity contribution is 7.88. The van der Waals surface area contributed by atoms with Crippen molar-refractivity contribution in [3.05, 3.63) is 82.2 Å². The van der Waals surface area contributed by atoms with Crippen LogP contribution in [0.15, 0.2) is 48.7 Å². The lowest BCUT2D eigenvalue weighted by Gasteiger charge is -2.47. The summed E-state index contributed by atoms with van der Waals surface area (Å²) in [6.07, 6.45) is 5.78. The highest BCUT2D eigenvalue weighted by Crippen LogP contribution is 2.36. The fraction of sp³-hybridized carbons (Fsp3) is 0.565. The smallest absolute Gasteiger partial charge is 0.336 e. The number of phenolic OH excluding ortho intramolecular Hbond substituents is 1. The number of hydrogen-bond acceptors (Lipinski definition) is 13. The molecule has 1 aliphatic heterocycles. The first-order chi connectivity index (χ1) is 31.3. The minimum absolute atomic E-state index is 0.0284. The third-order valence-electron chi connectivity index (χ3n) is 12.8. The van der Waals surface area contributed by atoms with E-state index in [4.69, 9.17) is 4.74 Å². The van der Waals surface area contributed by atoms with Gasteiger partial charge in [-0.2, -0.15) is 0 Å². The van der Waals surface area contributed by atoms with Crippen LogP contribution in [0.3, 0.4) is 0 Å². The Morgan fingerprint density at radius 1 is 1.00 bits per heavy atom. The van der Waals surface area contributed by atoms with Gasteiger partial charge in [-0.25, -0.2) is 22.6 Å². The van der Waals surface area contributed by atoms with E-state index in [1.54, 1.807) is 44.3 Å². The Kier molecular flexibility index (Phi) is 16.7. The van der Waals surface area contributed by atoms with E-state index in [0.29, 0.717) is 42.4 Å². The van der Waals surface area contributed by atoms with Crippen molar-refractivity contribution < 1.29 is 57.9 Å². The average Bonchev–Trinajstić information content (AvgIpc) is 3.75. The van der Waals surface area contributed by atoms with Gasteiger partial charge in [0.25, 0.3) is 5.91 Å². The molecule has 3 amide bonds. The maximum absolute atomic E-state index is 13.5. The van der Waals surface area contributed by atoms with Crippen LogP contribution in [0.2, 0.25) is 0 Å². The summed E-state index contributed by atoms with van der Waals surface area (Å²) in [6.45, 7) is 2.60. The molecule has 2 aromatic carbocycles. The Morgan fingerprint density at radius 2 is 1.73 bits per heavy atom. The summed E-state index contributed by atoms with van der Waals surface area (Å²) < 4.78 is 33.6. The Balaban J connectivity index is 1.14. The second-order valence-corrected chi connectivity index (χ2v) is 19.9. The lowest BCUT2D eigenvalue weighted by atomic mass is 9.81. The normalized spacial score (nSPS) is 24.9. The molecule has 0 spiro atoms. The van der Waals surface area contributed by atoms with Gasteiger partial charge in [-0.15, -0.1) is 5.10 Å². The number of carbonyl (C=O) groups is 4. The molecular formula is C46H63N7O12S. The fourth-order valence-electron chi connectivity index (χ4n) is 9.33. The second-order valence-electron chi connectivity index (χ2n) is 18.2. The number of sulfonamides is 1. The number of aromatic hydroxyl groups is 1. The molecule has 3 aromatic rings. The number of rotatable bonds is 18. The summed E-state index contributed by atoms with van der Waals surface area (Å²) in [5.41, 5.74) is 1.11. The minimum atomic E-state index is -3.40. The van der Waals surface area contributed by atoms with Gasteiger partial charge < -0.3 is 46.2 Å². The molecule has 1 aromatic heterocycles. The van der Waals surface area contributed by atoms with Crippen molar-refractivity contribution >= 4 is 39.8 Å². The van der Waals surface area contributed by atoms with Crippen molar-refractivity contribution in [3.63, 3.8) is 0 Å². The lowest BCUT2D eigenvalue weighted by Crippen LogP contribution is -2.67. The first kappa shape index (κ1) is 50.2. The maximum atomic E-state index is 13.5. The summed E-state index contributed by atoms with van der Waals surface area (Å²) in [5, 5.41) is 71.9. The van der Waals surface area contributed by atoms with Gasteiger partial charge in [0.05, 0.1) is 30.2 Å². The molecule has 66 heavy (non-hydrogen) atoms. The number of ether oxygens (including phenoxy) is 1. The first-order valence-electron chi connectivity index (χ1n) is 22.5. The largest absolute Gasteiger partial charge is 0.507 e. The average molecular weight is 938 g/mol. The zero-order chi connectivity index (χ0) is 47.8. The van der Waals surface area contributed by atoms with Crippen LogP contribution in [0.4, 0.5) is 0 Å². The van der Waals surface area contributed by atoms with Crippen molar-refractivity contribution in [1.29, 1.82) is 0 Å². The van der Waals surface area contributed by atoms with Crippen LogP contribution >= 0.6 is 0 Å². The molecule has 3 aliphatic rings. The summed E-state index contributed by atoms with van der Waals surface area (Å²) in [5.74, 6) is -3.01. The first-order valence-corrected chi connectivity index (χ1v) is 24.4.